The summed E-state index contributed by atoms with van der Waals surface area (Å²) in [7, 11) is 0. The predicted molar refractivity (Wildman–Crippen MR) is 27.1 cm³/mol. The first-order valence-corrected chi connectivity index (χ1v) is 2.34. The van der Waals surface area contributed by atoms with Crippen LogP contribution >= 0.6 is 0 Å². The van der Waals surface area contributed by atoms with E-state index in [0.717, 1.165) is 0 Å². The molecule has 0 bridgehead atoms. The van der Waals surface area contributed by atoms with Crippen LogP contribution in [-0.2, 0) is 24.3 Å². The molecule has 0 aliphatic heterocycles. The summed E-state index contributed by atoms with van der Waals surface area (Å²) in [6.45, 7) is 3.77. The maximum absolute atomic E-state index is 9.81. The standard InChI is InChI=1S/C5H10O2.Zn/c1-4(2)3-5(6)7;/h4H,3H2,1-2H3,(H,6,7);. The first kappa shape index (κ1) is 11.0. The van der Waals surface area contributed by atoms with Gasteiger partial charge >= 0.3 is 5.97 Å². The number of hydrogen-bond donors (Lipinski definition) is 1. The van der Waals surface area contributed by atoms with Crippen LogP contribution in [0, 0.1) is 5.92 Å². The number of carboxylic acid groups (broad SMARTS) is 1. The molecule has 8 heavy (non-hydrogen) atoms. The Labute approximate surface area is 62.0 Å². The van der Waals surface area contributed by atoms with E-state index in [0.29, 0.717) is 0 Å². The molecule has 0 radical (unpaired) electrons. The average Bonchev–Trinajstić information content (AvgIpc) is 1.27. The Morgan fingerprint density at radius 3 is 2.00 bits per heavy atom. The van der Waals surface area contributed by atoms with Crippen molar-refractivity contribution in [2.24, 2.45) is 5.92 Å². The molecule has 2 nitrogen and oxygen atoms in total. The van der Waals surface area contributed by atoms with Crippen LogP contribution in [0.3, 0.4) is 0 Å². The Bertz CT molecular complexity index is 70.8. The quantitative estimate of drug-likeness (QED) is 0.626. The zero-order valence-electron chi connectivity index (χ0n) is 5.35. The molecule has 0 saturated carbocycles. The molecule has 0 aromatic heterocycles. The molecular weight excluding hydrogens is 157 g/mol. The molecule has 0 fully saturated rings. The van der Waals surface area contributed by atoms with Crippen LogP contribution in [0.5, 0.6) is 0 Å². The third-order valence-corrected chi connectivity index (χ3v) is 0.583. The second-order valence-corrected chi connectivity index (χ2v) is 1.99. The van der Waals surface area contributed by atoms with Crippen molar-refractivity contribution >= 4 is 5.97 Å². The van der Waals surface area contributed by atoms with Gasteiger partial charge in [-0.3, -0.25) is 4.79 Å². The van der Waals surface area contributed by atoms with Gasteiger partial charge in [-0.1, -0.05) is 13.8 Å². The van der Waals surface area contributed by atoms with Crippen molar-refractivity contribution in [2.45, 2.75) is 20.3 Å². The summed E-state index contributed by atoms with van der Waals surface area (Å²) in [6, 6.07) is 0. The van der Waals surface area contributed by atoms with E-state index in [4.69, 9.17) is 5.11 Å². The van der Waals surface area contributed by atoms with Crippen LogP contribution in [0.1, 0.15) is 20.3 Å². The van der Waals surface area contributed by atoms with E-state index in [2.05, 4.69) is 0 Å². The van der Waals surface area contributed by atoms with Gasteiger partial charge in [-0.25, -0.2) is 0 Å². The van der Waals surface area contributed by atoms with Crippen molar-refractivity contribution in [3.05, 3.63) is 0 Å². The third-order valence-electron chi connectivity index (χ3n) is 0.583. The molecular formula is C5H10O2Zn. The Hall–Kier alpha value is 0.0934. The second kappa shape index (κ2) is 5.23. The molecule has 3 heteroatoms. The molecule has 0 heterocycles. The minimum atomic E-state index is -0.713. The molecule has 0 aliphatic carbocycles. The van der Waals surface area contributed by atoms with E-state index in [1.165, 1.54) is 0 Å². The van der Waals surface area contributed by atoms with Crippen LogP contribution in [0.2, 0.25) is 0 Å². The molecule has 0 aromatic rings. The van der Waals surface area contributed by atoms with Crippen molar-refractivity contribution in [3.8, 4) is 0 Å². The molecule has 0 atom stereocenters. The molecule has 0 aromatic carbocycles. The fourth-order valence-electron chi connectivity index (χ4n) is 0.349. The van der Waals surface area contributed by atoms with Crippen molar-refractivity contribution in [2.75, 3.05) is 0 Å². The molecule has 44 valence electrons. The van der Waals surface area contributed by atoms with Gasteiger partial charge in [0.05, 0.1) is 0 Å². The average molecular weight is 168 g/mol. The molecule has 0 amide bonds. The summed E-state index contributed by atoms with van der Waals surface area (Å²) < 4.78 is 0. The van der Waals surface area contributed by atoms with Crippen LogP contribution in [0.4, 0.5) is 0 Å². The Kier molecular flexibility index (Phi) is 7.18. The first-order valence-electron chi connectivity index (χ1n) is 2.34. The largest absolute Gasteiger partial charge is 0.481 e. The number of aliphatic carboxylic acids is 1. The zero-order valence-corrected chi connectivity index (χ0v) is 8.31. The van der Waals surface area contributed by atoms with Gasteiger partial charge in [0.1, 0.15) is 0 Å². The minimum absolute atomic E-state index is 0. The molecule has 0 rings (SSSR count). The normalized spacial score (nSPS) is 8.38. The Morgan fingerprint density at radius 1 is 1.62 bits per heavy atom. The molecule has 0 spiro atoms. The van der Waals surface area contributed by atoms with Gasteiger partial charge in [0.15, 0.2) is 0 Å². The SMILES string of the molecule is CC(C)CC(=O)O.[Zn]. The molecule has 1 N–H and O–H groups in total. The molecule has 0 aliphatic rings. The summed E-state index contributed by atoms with van der Waals surface area (Å²) >= 11 is 0. The fourth-order valence-corrected chi connectivity index (χ4v) is 0.349. The van der Waals surface area contributed by atoms with E-state index in [9.17, 15) is 4.79 Å². The zero-order chi connectivity index (χ0) is 5.86. The van der Waals surface area contributed by atoms with Crippen molar-refractivity contribution in [1.82, 2.24) is 0 Å². The Morgan fingerprint density at radius 2 is 2.00 bits per heavy atom. The van der Waals surface area contributed by atoms with E-state index < -0.39 is 5.97 Å². The van der Waals surface area contributed by atoms with E-state index >= 15 is 0 Å². The second-order valence-electron chi connectivity index (χ2n) is 1.99. The first-order chi connectivity index (χ1) is 3.13. The van der Waals surface area contributed by atoms with Gasteiger partial charge in [0.2, 0.25) is 0 Å². The van der Waals surface area contributed by atoms with Gasteiger partial charge < -0.3 is 5.11 Å². The van der Waals surface area contributed by atoms with Crippen LogP contribution in [0.15, 0.2) is 0 Å². The van der Waals surface area contributed by atoms with E-state index in [1.54, 1.807) is 0 Å². The Balaban J connectivity index is 0. The fraction of sp³-hybridized carbons (Fsp3) is 0.800. The maximum Gasteiger partial charge on any atom is 0.303 e. The summed E-state index contributed by atoms with van der Waals surface area (Å²) in [5, 5.41) is 8.08. The smallest absolute Gasteiger partial charge is 0.303 e. The summed E-state index contributed by atoms with van der Waals surface area (Å²) in [5.74, 6) is -0.438. The number of hydrogen-bond acceptors (Lipinski definition) is 1. The number of carboxylic acids is 1. The van der Waals surface area contributed by atoms with Crippen LogP contribution in [0.25, 0.3) is 0 Å². The van der Waals surface area contributed by atoms with Gasteiger partial charge in [-0.05, 0) is 5.92 Å². The number of rotatable bonds is 2. The maximum atomic E-state index is 9.81. The third kappa shape index (κ3) is 9.43. The molecule has 0 unspecified atom stereocenters. The minimum Gasteiger partial charge on any atom is -0.481 e. The monoisotopic (exact) mass is 166 g/mol. The predicted octanol–water partition coefficient (Wildman–Crippen LogP) is 1.11. The number of carbonyl (C=O) groups is 1. The van der Waals surface area contributed by atoms with Crippen molar-refractivity contribution in [1.29, 1.82) is 0 Å². The van der Waals surface area contributed by atoms with Crippen molar-refractivity contribution in [3.63, 3.8) is 0 Å². The van der Waals surface area contributed by atoms with Gasteiger partial charge in [0, 0.05) is 25.9 Å². The van der Waals surface area contributed by atoms with Crippen LogP contribution in [-0.4, -0.2) is 11.1 Å². The van der Waals surface area contributed by atoms with Gasteiger partial charge in [-0.2, -0.15) is 0 Å². The summed E-state index contributed by atoms with van der Waals surface area (Å²) in [4.78, 5) is 9.81. The summed E-state index contributed by atoms with van der Waals surface area (Å²) in [6.07, 6.45) is 0.278. The summed E-state index contributed by atoms with van der Waals surface area (Å²) in [5.41, 5.74) is 0. The van der Waals surface area contributed by atoms with E-state index in [1.807, 2.05) is 13.8 Å². The van der Waals surface area contributed by atoms with Crippen LogP contribution < -0.4 is 0 Å². The van der Waals surface area contributed by atoms with E-state index in [-0.39, 0.29) is 31.8 Å². The van der Waals surface area contributed by atoms with Crippen molar-refractivity contribution < 1.29 is 29.4 Å². The van der Waals surface area contributed by atoms with Gasteiger partial charge in [0.25, 0.3) is 0 Å². The molecule has 0 saturated heterocycles. The van der Waals surface area contributed by atoms with Gasteiger partial charge in [-0.15, -0.1) is 0 Å². The topological polar surface area (TPSA) is 37.3 Å².